The Morgan fingerprint density at radius 2 is 1.83 bits per heavy atom. The average molecular weight is 499 g/mol. The molecule has 0 radical (unpaired) electrons. The van der Waals surface area contributed by atoms with Gasteiger partial charge in [0.1, 0.15) is 5.82 Å². The summed E-state index contributed by atoms with van der Waals surface area (Å²) in [6.45, 7) is 4.24. The third-order valence-electron chi connectivity index (χ3n) is 6.44. The zero-order valence-electron chi connectivity index (χ0n) is 19.9. The van der Waals surface area contributed by atoms with Crippen LogP contribution in [0.4, 0.5) is 18.9 Å². The molecule has 0 unspecified atom stereocenters. The smallest absolute Gasteiger partial charge is 0.326 e. The number of halogens is 3. The van der Waals surface area contributed by atoms with E-state index in [-0.39, 0.29) is 18.1 Å². The lowest BCUT2D eigenvalue weighted by atomic mass is 10.1. The summed E-state index contributed by atoms with van der Waals surface area (Å²) in [7, 11) is 0. The van der Waals surface area contributed by atoms with Gasteiger partial charge in [-0.2, -0.15) is 18.2 Å². The molecule has 0 saturated carbocycles. The number of benzene rings is 1. The molecule has 0 bridgehead atoms. The van der Waals surface area contributed by atoms with Gasteiger partial charge in [0.05, 0.1) is 0 Å². The molecule has 1 aromatic carbocycles. The van der Waals surface area contributed by atoms with Crippen LogP contribution >= 0.6 is 0 Å². The zero-order valence-corrected chi connectivity index (χ0v) is 19.9. The van der Waals surface area contributed by atoms with E-state index in [4.69, 9.17) is 0 Å². The molecule has 1 aliphatic heterocycles. The van der Waals surface area contributed by atoms with Gasteiger partial charge in [0.15, 0.2) is 5.82 Å². The van der Waals surface area contributed by atoms with Crippen LogP contribution in [-0.4, -0.2) is 40.3 Å². The Bertz CT molecular complexity index is 1420. The van der Waals surface area contributed by atoms with Crippen LogP contribution in [0.2, 0.25) is 0 Å². The molecule has 9 nitrogen and oxygen atoms in total. The molecule has 0 spiro atoms. The van der Waals surface area contributed by atoms with E-state index < -0.39 is 12.0 Å². The van der Waals surface area contributed by atoms with Gasteiger partial charge in [-0.1, -0.05) is 6.42 Å². The van der Waals surface area contributed by atoms with Gasteiger partial charge in [-0.25, -0.2) is 9.50 Å². The van der Waals surface area contributed by atoms with Crippen molar-refractivity contribution in [3.05, 3.63) is 52.9 Å². The first-order valence-electron chi connectivity index (χ1n) is 11.8. The molecule has 1 aliphatic rings. The Labute approximate surface area is 204 Å². The molecule has 36 heavy (non-hydrogen) atoms. The maximum atomic E-state index is 13.0. The summed E-state index contributed by atoms with van der Waals surface area (Å²) in [5.74, 6) is 0.278. The predicted molar refractivity (Wildman–Crippen MR) is 125 cm³/mol. The number of carbonyl (C=O) groups excluding carboxylic acids is 1. The molecule has 0 aliphatic carbocycles. The minimum Gasteiger partial charge on any atom is -0.326 e. The van der Waals surface area contributed by atoms with Crippen molar-refractivity contribution >= 4 is 17.4 Å². The average Bonchev–Trinajstić information content (AvgIpc) is 3.37. The van der Waals surface area contributed by atoms with Gasteiger partial charge in [0, 0.05) is 42.0 Å². The SMILES string of the molecule is Cc1nc2nc(C(F)(F)F)nn2c(C)c1CCC(=O)Nc1ccc(-c2nnc3n2CCCCC3)cc1. The molecular formula is C24H25F3N8O. The molecule has 188 valence electrons. The summed E-state index contributed by atoms with van der Waals surface area (Å²) in [5, 5.41) is 15.1. The van der Waals surface area contributed by atoms with Gasteiger partial charge in [-0.3, -0.25) is 4.79 Å². The monoisotopic (exact) mass is 498 g/mol. The van der Waals surface area contributed by atoms with Crippen molar-refractivity contribution in [2.75, 3.05) is 5.32 Å². The number of amides is 1. The Morgan fingerprint density at radius 3 is 2.58 bits per heavy atom. The Hall–Kier alpha value is -3.83. The fraction of sp³-hybridized carbons (Fsp3) is 0.417. The van der Waals surface area contributed by atoms with E-state index in [2.05, 4.69) is 35.1 Å². The van der Waals surface area contributed by atoms with Gasteiger partial charge in [0.2, 0.25) is 5.91 Å². The van der Waals surface area contributed by atoms with E-state index in [1.54, 1.807) is 13.8 Å². The van der Waals surface area contributed by atoms with Crippen molar-refractivity contribution in [3.8, 4) is 11.4 Å². The number of fused-ring (bicyclic) bond motifs is 2. The lowest BCUT2D eigenvalue weighted by molar-refractivity contribution is -0.144. The second kappa shape index (κ2) is 9.32. The molecule has 1 N–H and O–H groups in total. The number of rotatable bonds is 5. The maximum Gasteiger partial charge on any atom is 0.453 e. The number of alkyl halides is 3. The Morgan fingerprint density at radius 1 is 1.06 bits per heavy atom. The molecule has 0 fully saturated rings. The Kier molecular flexibility index (Phi) is 6.19. The molecule has 3 aromatic heterocycles. The number of aromatic nitrogens is 7. The highest BCUT2D eigenvalue weighted by Gasteiger charge is 2.37. The molecule has 12 heteroatoms. The van der Waals surface area contributed by atoms with Crippen molar-refractivity contribution in [1.82, 2.24) is 34.3 Å². The first-order chi connectivity index (χ1) is 17.2. The van der Waals surface area contributed by atoms with Gasteiger partial charge in [-0.05, 0) is 62.9 Å². The van der Waals surface area contributed by atoms with Gasteiger partial charge in [0.25, 0.3) is 11.6 Å². The number of nitrogens with zero attached hydrogens (tertiary/aromatic N) is 7. The summed E-state index contributed by atoms with van der Waals surface area (Å²) in [4.78, 5) is 20.2. The van der Waals surface area contributed by atoms with E-state index in [0.717, 1.165) is 47.5 Å². The molecular weight excluding hydrogens is 473 g/mol. The van der Waals surface area contributed by atoms with E-state index >= 15 is 0 Å². The van der Waals surface area contributed by atoms with Crippen LogP contribution in [0.15, 0.2) is 24.3 Å². The summed E-state index contributed by atoms with van der Waals surface area (Å²) in [6, 6.07) is 7.47. The van der Waals surface area contributed by atoms with Crippen LogP contribution in [-0.2, 0) is 30.4 Å². The second-order valence-corrected chi connectivity index (χ2v) is 8.93. The van der Waals surface area contributed by atoms with Gasteiger partial charge in [-0.15, -0.1) is 15.3 Å². The molecule has 1 amide bonds. The molecule has 4 heterocycles. The van der Waals surface area contributed by atoms with Crippen molar-refractivity contribution in [1.29, 1.82) is 0 Å². The number of hydrogen-bond donors (Lipinski definition) is 1. The van der Waals surface area contributed by atoms with Gasteiger partial charge < -0.3 is 9.88 Å². The quantitative estimate of drug-likeness (QED) is 0.440. The summed E-state index contributed by atoms with van der Waals surface area (Å²) < 4.78 is 42.2. The van der Waals surface area contributed by atoms with Gasteiger partial charge >= 0.3 is 6.18 Å². The lowest BCUT2D eigenvalue weighted by Crippen LogP contribution is -2.14. The summed E-state index contributed by atoms with van der Waals surface area (Å²) >= 11 is 0. The first kappa shape index (κ1) is 23.9. The van der Waals surface area contributed by atoms with E-state index in [1.165, 1.54) is 6.42 Å². The van der Waals surface area contributed by atoms with Crippen LogP contribution in [0.25, 0.3) is 17.2 Å². The van der Waals surface area contributed by atoms with Crippen LogP contribution < -0.4 is 5.32 Å². The number of anilines is 1. The van der Waals surface area contributed by atoms with Crippen molar-refractivity contribution in [2.24, 2.45) is 0 Å². The summed E-state index contributed by atoms with van der Waals surface area (Å²) in [6.07, 6.45) is 0.129. The molecule has 0 saturated heterocycles. The highest BCUT2D eigenvalue weighted by Crippen LogP contribution is 2.27. The third-order valence-corrected chi connectivity index (χ3v) is 6.44. The first-order valence-corrected chi connectivity index (χ1v) is 11.8. The van der Waals surface area contributed by atoms with Crippen LogP contribution in [0, 0.1) is 13.8 Å². The van der Waals surface area contributed by atoms with Crippen LogP contribution in [0.3, 0.4) is 0 Å². The highest BCUT2D eigenvalue weighted by atomic mass is 19.4. The number of carbonyl (C=O) groups is 1. The fourth-order valence-corrected chi connectivity index (χ4v) is 4.55. The second-order valence-electron chi connectivity index (χ2n) is 8.93. The summed E-state index contributed by atoms with van der Waals surface area (Å²) in [5.41, 5.74) is 3.24. The van der Waals surface area contributed by atoms with E-state index in [0.29, 0.717) is 29.1 Å². The zero-order chi connectivity index (χ0) is 25.4. The lowest BCUT2D eigenvalue weighted by Gasteiger charge is -2.11. The van der Waals surface area contributed by atoms with Crippen LogP contribution in [0.1, 0.15) is 54.3 Å². The number of nitrogens with one attached hydrogen (secondary N) is 1. The fourth-order valence-electron chi connectivity index (χ4n) is 4.55. The molecule has 0 atom stereocenters. The molecule has 4 aromatic rings. The maximum absolute atomic E-state index is 13.0. The topological polar surface area (TPSA) is 103 Å². The van der Waals surface area contributed by atoms with Crippen molar-refractivity contribution < 1.29 is 18.0 Å². The van der Waals surface area contributed by atoms with E-state index in [1.807, 2.05) is 24.3 Å². The van der Waals surface area contributed by atoms with Crippen LogP contribution in [0.5, 0.6) is 0 Å². The largest absolute Gasteiger partial charge is 0.453 e. The van der Waals surface area contributed by atoms with Crippen molar-refractivity contribution in [3.63, 3.8) is 0 Å². The minimum absolute atomic E-state index is 0.116. The Balaban J connectivity index is 1.26. The molecule has 5 rings (SSSR count). The normalized spacial score (nSPS) is 14.0. The highest BCUT2D eigenvalue weighted by molar-refractivity contribution is 5.91. The number of hydrogen-bond acceptors (Lipinski definition) is 6. The predicted octanol–water partition coefficient (Wildman–Crippen LogP) is 4.32. The third kappa shape index (κ3) is 4.67. The minimum atomic E-state index is -4.66. The number of aryl methyl sites for hydroxylation is 3. The van der Waals surface area contributed by atoms with E-state index in [9.17, 15) is 18.0 Å². The standard InChI is InChI=1S/C24H25F3N8O/c1-14-18(15(2)35-23(28-14)30-22(33-35)24(25,26)27)11-12-20(36)29-17-9-7-16(8-10-17)21-32-31-19-6-4-3-5-13-34(19)21/h7-10H,3-6,11-13H2,1-2H3,(H,29,36). The van der Waals surface area contributed by atoms with Crippen molar-refractivity contribution in [2.45, 2.75) is 65.1 Å².